The Morgan fingerprint density at radius 3 is 2.45 bits per heavy atom. The fraction of sp³-hybridized carbons (Fsp3) is 0.556. The van der Waals surface area contributed by atoms with Gasteiger partial charge in [0, 0.05) is 29.8 Å². The molecule has 182 valence electrons. The standard InChI is InChI=1S/C27H41N3O3/c1-5-6-7-8-9-12-17-33-25(31)16-15-20-18-21(27(2,3)4)26(32)24(19-20)30-29-23-14-11-10-13-22(23)28/h10-11,13-14,18-19,25,31-32H,5-9,12,15-17,28H2,1-4H3/p+1. The maximum Gasteiger partial charge on any atom is 0.252 e. The Kier molecular flexibility index (Phi) is 10.8. The lowest BCUT2D eigenvalue weighted by Gasteiger charge is -2.22. The molecule has 5 N–H and O–H groups in total. The highest BCUT2D eigenvalue weighted by Crippen LogP contribution is 2.38. The van der Waals surface area contributed by atoms with E-state index in [-0.39, 0.29) is 11.2 Å². The van der Waals surface area contributed by atoms with Crippen molar-refractivity contribution in [2.24, 2.45) is 5.11 Å². The van der Waals surface area contributed by atoms with Crippen molar-refractivity contribution in [1.82, 2.24) is 0 Å². The quantitative estimate of drug-likeness (QED) is 0.140. The van der Waals surface area contributed by atoms with Gasteiger partial charge >= 0.3 is 0 Å². The Morgan fingerprint density at radius 1 is 1.06 bits per heavy atom. The van der Waals surface area contributed by atoms with Gasteiger partial charge in [0.2, 0.25) is 0 Å². The fourth-order valence-corrected chi connectivity index (χ4v) is 3.67. The summed E-state index contributed by atoms with van der Waals surface area (Å²) in [7, 11) is 0. The molecule has 2 aromatic carbocycles. The number of nitrogens with two attached hydrogens (primary N) is 1. The van der Waals surface area contributed by atoms with Crippen molar-refractivity contribution in [2.75, 3.05) is 12.3 Å². The van der Waals surface area contributed by atoms with E-state index in [1.807, 2.05) is 30.3 Å². The van der Waals surface area contributed by atoms with Crippen molar-refractivity contribution in [3.05, 3.63) is 47.5 Å². The molecule has 0 heterocycles. The molecule has 33 heavy (non-hydrogen) atoms. The van der Waals surface area contributed by atoms with Crippen LogP contribution in [-0.2, 0) is 16.6 Å². The SMILES string of the molecule is CCCCCCCCOC(O)CCc1cc(N=[NH+]c2ccccc2N)c(O)c(C(C)(C)C)c1. The first kappa shape index (κ1) is 26.8. The number of aliphatic hydroxyl groups excluding tert-OH is 1. The normalized spacial score (nSPS) is 13.0. The second kappa shape index (κ2) is 13.3. The van der Waals surface area contributed by atoms with Crippen LogP contribution in [0.5, 0.6) is 5.75 Å². The van der Waals surface area contributed by atoms with E-state index in [2.05, 4.69) is 37.9 Å². The van der Waals surface area contributed by atoms with Gasteiger partial charge in [-0.25, -0.2) is 0 Å². The average Bonchev–Trinajstić information content (AvgIpc) is 2.77. The molecule has 0 radical (unpaired) electrons. The smallest absolute Gasteiger partial charge is 0.252 e. The van der Waals surface area contributed by atoms with Crippen LogP contribution < -0.4 is 10.8 Å². The summed E-state index contributed by atoms with van der Waals surface area (Å²) in [4.78, 5) is 0. The van der Waals surface area contributed by atoms with Crippen LogP contribution in [-0.4, -0.2) is 23.1 Å². The van der Waals surface area contributed by atoms with Crippen LogP contribution in [0.3, 0.4) is 0 Å². The average molecular weight is 457 g/mol. The molecule has 2 aromatic rings. The molecule has 0 spiro atoms. The van der Waals surface area contributed by atoms with Gasteiger partial charge in [-0.2, -0.15) is 0 Å². The van der Waals surface area contributed by atoms with Crippen LogP contribution in [0.1, 0.15) is 83.8 Å². The molecule has 0 amide bonds. The predicted octanol–water partition coefficient (Wildman–Crippen LogP) is 5.40. The van der Waals surface area contributed by atoms with Gasteiger partial charge < -0.3 is 20.7 Å². The first-order chi connectivity index (χ1) is 15.7. The summed E-state index contributed by atoms with van der Waals surface area (Å²) in [5.41, 5.74) is 9.23. The number of phenolic OH excluding ortho intramolecular Hbond substituents is 1. The minimum absolute atomic E-state index is 0.146. The Hall–Kier alpha value is -2.44. The zero-order valence-corrected chi connectivity index (χ0v) is 20.7. The van der Waals surface area contributed by atoms with Crippen molar-refractivity contribution >= 4 is 17.1 Å². The summed E-state index contributed by atoms with van der Waals surface area (Å²) in [5, 5.41) is 28.5. The van der Waals surface area contributed by atoms with Crippen molar-refractivity contribution in [3.8, 4) is 5.75 Å². The van der Waals surface area contributed by atoms with Gasteiger partial charge in [-0.1, -0.05) is 83.1 Å². The molecule has 6 nitrogen and oxygen atoms in total. The third kappa shape index (κ3) is 9.14. The van der Waals surface area contributed by atoms with Gasteiger partial charge in [0.25, 0.3) is 5.69 Å². The molecular formula is C27H42N3O3+. The third-order valence-electron chi connectivity index (χ3n) is 5.70. The molecule has 0 aromatic heterocycles. The molecule has 0 bridgehead atoms. The van der Waals surface area contributed by atoms with Gasteiger partial charge in [-0.05, 0) is 36.0 Å². The van der Waals surface area contributed by atoms with E-state index in [1.54, 1.807) is 6.07 Å². The van der Waals surface area contributed by atoms with Crippen LogP contribution in [0, 0.1) is 0 Å². The number of aryl methyl sites for hydroxylation is 1. The highest BCUT2D eigenvalue weighted by atomic mass is 16.6. The van der Waals surface area contributed by atoms with E-state index >= 15 is 0 Å². The maximum absolute atomic E-state index is 10.9. The van der Waals surface area contributed by atoms with Gasteiger partial charge in [0.15, 0.2) is 17.7 Å². The molecule has 1 unspecified atom stereocenters. The Labute approximate surface area is 198 Å². The molecule has 0 saturated carbocycles. The van der Waals surface area contributed by atoms with Crippen molar-refractivity contribution in [2.45, 2.75) is 90.8 Å². The van der Waals surface area contributed by atoms with Gasteiger partial charge in [-0.15, -0.1) is 0 Å². The summed E-state index contributed by atoms with van der Waals surface area (Å²) in [6.45, 7) is 8.95. The second-order valence-corrected chi connectivity index (χ2v) is 9.70. The Bertz CT molecular complexity index is 891. The zero-order valence-electron chi connectivity index (χ0n) is 20.7. The number of ether oxygens (including phenoxy) is 1. The third-order valence-corrected chi connectivity index (χ3v) is 5.70. The minimum atomic E-state index is -0.796. The summed E-state index contributed by atoms with van der Waals surface area (Å²) in [6, 6.07) is 11.2. The fourth-order valence-electron chi connectivity index (χ4n) is 3.67. The van der Waals surface area contributed by atoms with Crippen molar-refractivity contribution < 1.29 is 20.1 Å². The summed E-state index contributed by atoms with van der Waals surface area (Å²) in [5.74, 6) is 0.146. The number of unbranched alkanes of at least 4 members (excludes halogenated alkanes) is 5. The number of nitrogen functional groups attached to an aromatic ring is 1. The number of phenols is 1. The van der Waals surface area contributed by atoms with E-state index in [4.69, 9.17) is 10.5 Å². The monoisotopic (exact) mass is 456 g/mol. The van der Waals surface area contributed by atoms with E-state index in [0.717, 1.165) is 24.0 Å². The zero-order chi connectivity index (χ0) is 24.3. The number of anilines is 1. The predicted molar refractivity (Wildman–Crippen MR) is 134 cm³/mol. The second-order valence-electron chi connectivity index (χ2n) is 9.70. The Balaban J connectivity index is 2.03. The Morgan fingerprint density at radius 2 is 1.76 bits per heavy atom. The van der Waals surface area contributed by atoms with Crippen molar-refractivity contribution in [3.63, 3.8) is 0 Å². The van der Waals surface area contributed by atoms with Crippen LogP contribution in [0.4, 0.5) is 17.1 Å². The highest BCUT2D eigenvalue weighted by Gasteiger charge is 2.23. The molecule has 0 aliphatic heterocycles. The largest absolute Gasteiger partial charge is 0.505 e. The summed E-state index contributed by atoms with van der Waals surface area (Å²) in [6.07, 6.45) is 7.47. The number of azo groups is 1. The number of hydrogen-bond donors (Lipinski definition) is 4. The summed E-state index contributed by atoms with van der Waals surface area (Å²) < 4.78 is 5.60. The maximum atomic E-state index is 10.9. The number of nitrogens with zero attached hydrogens (tertiary/aromatic N) is 1. The minimum Gasteiger partial charge on any atom is -0.505 e. The lowest BCUT2D eigenvalue weighted by atomic mass is 9.84. The molecule has 0 saturated heterocycles. The first-order valence-electron chi connectivity index (χ1n) is 12.2. The number of aliphatic hydroxyl groups is 1. The molecule has 2 rings (SSSR count). The number of para-hydroxylation sites is 2. The van der Waals surface area contributed by atoms with Crippen LogP contribution >= 0.6 is 0 Å². The molecule has 0 fully saturated rings. The van der Waals surface area contributed by atoms with Crippen LogP contribution in [0.25, 0.3) is 0 Å². The van der Waals surface area contributed by atoms with Gasteiger partial charge in [0.1, 0.15) is 5.69 Å². The summed E-state index contributed by atoms with van der Waals surface area (Å²) >= 11 is 0. The first-order valence-corrected chi connectivity index (χ1v) is 12.2. The van der Waals surface area contributed by atoms with Gasteiger partial charge in [0.05, 0.1) is 0 Å². The lowest BCUT2D eigenvalue weighted by Crippen LogP contribution is -2.57. The molecular weight excluding hydrogens is 414 g/mol. The highest BCUT2D eigenvalue weighted by molar-refractivity contribution is 5.59. The lowest BCUT2D eigenvalue weighted by molar-refractivity contribution is -0.432. The number of aromatic hydroxyl groups is 1. The number of nitrogens with one attached hydrogen (secondary N) is 1. The van der Waals surface area contributed by atoms with Crippen LogP contribution in [0.2, 0.25) is 0 Å². The van der Waals surface area contributed by atoms with E-state index in [1.165, 1.54) is 25.7 Å². The molecule has 0 aliphatic rings. The number of hydrogen-bond acceptors (Lipinski definition) is 5. The number of benzene rings is 2. The van der Waals surface area contributed by atoms with E-state index < -0.39 is 6.29 Å². The topological polar surface area (TPSA) is 102 Å². The molecule has 0 aliphatic carbocycles. The number of rotatable bonds is 13. The van der Waals surface area contributed by atoms with Crippen molar-refractivity contribution in [1.29, 1.82) is 0 Å². The van der Waals surface area contributed by atoms with Crippen LogP contribution in [0.15, 0.2) is 41.5 Å². The van der Waals surface area contributed by atoms with E-state index in [0.29, 0.717) is 36.5 Å². The molecule has 1 atom stereocenters. The van der Waals surface area contributed by atoms with E-state index in [9.17, 15) is 10.2 Å². The van der Waals surface area contributed by atoms with Gasteiger partial charge in [-0.3, -0.25) is 0 Å². The molecule has 6 heteroatoms.